The van der Waals surface area contributed by atoms with E-state index in [1.807, 2.05) is 0 Å². The molecule has 1 aliphatic heterocycles. The van der Waals surface area contributed by atoms with Gasteiger partial charge < -0.3 is 4.84 Å². The second kappa shape index (κ2) is 7.43. The zero-order valence-electron chi connectivity index (χ0n) is 9.63. The Balaban J connectivity index is 1.87. The maximum absolute atomic E-state index is 10.7. The van der Waals surface area contributed by atoms with Gasteiger partial charge in [-0.25, -0.2) is 4.79 Å². The molecule has 0 saturated carbocycles. The minimum absolute atomic E-state index is 0.201. The van der Waals surface area contributed by atoms with Crippen LogP contribution in [0.4, 0.5) is 0 Å². The Morgan fingerprint density at radius 3 is 2.40 bits per heavy atom. The van der Waals surface area contributed by atoms with Gasteiger partial charge >= 0.3 is 5.97 Å². The Hall–Kier alpha value is -0.860. The van der Waals surface area contributed by atoms with E-state index in [-0.39, 0.29) is 5.97 Å². The van der Waals surface area contributed by atoms with Crippen molar-refractivity contribution in [2.75, 3.05) is 0 Å². The zero-order chi connectivity index (χ0) is 10.9. The molecule has 86 valence electrons. The third-order valence-electron chi connectivity index (χ3n) is 2.69. The average molecular weight is 211 g/mol. The molecule has 0 fully saturated rings. The molecule has 0 saturated heterocycles. The molecule has 0 unspecified atom stereocenters. The van der Waals surface area contributed by atoms with E-state index in [1.54, 1.807) is 0 Å². The van der Waals surface area contributed by atoms with Crippen molar-refractivity contribution in [2.24, 2.45) is 5.16 Å². The topological polar surface area (TPSA) is 38.7 Å². The normalized spacial score (nSPS) is 15.3. The highest BCUT2D eigenvalue weighted by Crippen LogP contribution is 2.12. The lowest BCUT2D eigenvalue weighted by atomic mass is 10.1. The third kappa shape index (κ3) is 5.55. The van der Waals surface area contributed by atoms with Crippen molar-refractivity contribution in [1.82, 2.24) is 0 Å². The molecule has 0 N–H and O–H groups in total. The average Bonchev–Trinajstić information content (AvgIpc) is 2.63. The van der Waals surface area contributed by atoms with E-state index in [4.69, 9.17) is 0 Å². The van der Waals surface area contributed by atoms with Crippen molar-refractivity contribution >= 4 is 11.7 Å². The Kier molecular flexibility index (Phi) is 6.05. The smallest absolute Gasteiger partial charge is 0.318 e. The number of carbonyl (C=O) groups is 1. The van der Waals surface area contributed by atoms with Crippen LogP contribution in [0.1, 0.15) is 64.7 Å². The summed E-state index contributed by atoms with van der Waals surface area (Å²) in [6.45, 7) is 2.23. The molecule has 1 aliphatic rings. The fraction of sp³-hybridized carbons (Fsp3) is 0.833. The quantitative estimate of drug-likeness (QED) is 0.455. The summed E-state index contributed by atoms with van der Waals surface area (Å²) in [6.07, 6.45) is 10.4. The fourth-order valence-electron chi connectivity index (χ4n) is 1.77. The highest BCUT2D eigenvalue weighted by Gasteiger charge is 2.16. The predicted octanol–water partition coefficient (Wildman–Crippen LogP) is 3.43. The van der Waals surface area contributed by atoms with Gasteiger partial charge in [-0.05, 0) is 12.8 Å². The summed E-state index contributed by atoms with van der Waals surface area (Å²) in [5, 5.41) is 3.73. The van der Waals surface area contributed by atoms with E-state index < -0.39 is 0 Å². The molecule has 1 rings (SSSR count). The molecular weight excluding hydrogens is 190 g/mol. The van der Waals surface area contributed by atoms with Gasteiger partial charge in [0.05, 0.1) is 12.1 Å². The van der Waals surface area contributed by atoms with Crippen molar-refractivity contribution < 1.29 is 9.63 Å². The van der Waals surface area contributed by atoms with E-state index in [9.17, 15) is 4.79 Å². The highest BCUT2D eigenvalue weighted by molar-refractivity contribution is 6.01. The summed E-state index contributed by atoms with van der Waals surface area (Å²) in [5.41, 5.74) is 0.925. The van der Waals surface area contributed by atoms with Crippen molar-refractivity contribution in [2.45, 2.75) is 64.7 Å². The zero-order valence-corrected chi connectivity index (χ0v) is 9.63. The summed E-state index contributed by atoms with van der Waals surface area (Å²) < 4.78 is 0. The van der Waals surface area contributed by atoms with E-state index in [0.29, 0.717) is 6.42 Å². The van der Waals surface area contributed by atoms with Gasteiger partial charge in [-0.3, -0.25) is 0 Å². The van der Waals surface area contributed by atoms with E-state index in [2.05, 4.69) is 16.9 Å². The third-order valence-corrected chi connectivity index (χ3v) is 2.69. The molecule has 0 aromatic rings. The summed E-state index contributed by atoms with van der Waals surface area (Å²) in [7, 11) is 0. The molecule has 0 radical (unpaired) electrons. The largest absolute Gasteiger partial charge is 0.340 e. The molecule has 0 aromatic heterocycles. The van der Waals surface area contributed by atoms with Crippen LogP contribution in [0.3, 0.4) is 0 Å². The first-order chi connectivity index (χ1) is 7.33. The first-order valence-corrected chi connectivity index (χ1v) is 6.08. The number of carbonyl (C=O) groups excluding carboxylic acids is 1. The second-order valence-corrected chi connectivity index (χ2v) is 4.17. The van der Waals surface area contributed by atoms with Crippen LogP contribution in [0.15, 0.2) is 5.16 Å². The molecule has 0 amide bonds. The number of rotatable bonds is 8. The Morgan fingerprint density at radius 1 is 1.13 bits per heavy atom. The molecule has 3 heteroatoms. The highest BCUT2D eigenvalue weighted by atomic mass is 16.7. The van der Waals surface area contributed by atoms with Crippen molar-refractivity contribution in [3.05, 3.63) is 0 Å². The van der Waals surface area contributed by atoms with Crippen molar-refractivity contribution in [3.8, 4) is 0 Å². The first-order valence-electron chi connectivity index (χ1n) is 6.08. The molecule has 0 bridgehead atoms. The molecule has 0 aromatic carbocycles. The lowest BCUT2D eigenvalue weighted by Crippen LogP contribution is -1.98. The number of hydrogen-bond acceptors (Lipinski definition) is 3. The van der Waals surface area contributed by atoms with Gasteiger partial charge in [-0.1, -0.05) is 50.6 Å². The summed E-state index contributed by atoms with van der Waals surface area (Å²) in [5.74, 6) is -0.201. The van der Waals surface area contributed by atoms with Gasteiger partial charge in [0.1, 0.15) is 0 Å². The number of nitrogens with zero attached hydrogens (tertiary/aromatic N) is 1. The second-order valence-electron chi connectivity index (χ2n) is 4.17. The minimum Gasteiger partial charge on any atom is -0.318 e. The molecule has 15 heavy (non-hydrogen) atoms. The van der Waals surface area contributed by atoms with Crippen LogP contribution >= 0.6 is 0 Å². The van der Waals surface area contributed by atoms with E-state index in [0.717, 1.165) is 18.6 Å². The van der Waals surface area contributed by atoms with Crippen molar-refractivity contribution in [1.29, 1.82) is 0 Å². The molecule has 0 aliphatic carbocycles. The van der Waals surface area contributed by atoms with Gasteiger partial charge in [0.15, 0.2) is 0 Å². The summed E-state index contributed by atoms with van der Waals surface area (Å²) in [4.78, 5) is 15.2. The van der Waals surface area contributed by atoms with Gasteiger partial charge in [-0.15, -0.1) is 0 Å². The molecule has 1 heterocycles. The standard InChI is InChI=1S/C12H21NO2/c1-2-3-4-5-6-7-8-9-11-10-12(14)15-13-11/h2-10H2,1H3. The number of unbranched alkanes of at least 4 members (excludes halogenated alkanes) is 6. The van der Waals surface area contributed by atoms with Crippen LogP contribution in [-0.4, -0.2) is 11.7 Å². The van der Waals surface area contributed by atoms with Gasteiger partial charge in [-0.2, -0.15) is 0 Å². The Bertz CT molecular complexity index is 224. The van der Waals surface area contributed by atoms with Crippen LogP contribution < -0.4 is 0 Å². The minimum atomic E-state index is -0.201. The van der Waals surface area contributed by atoms with Crippen LogP contribution in [0.25, 0.3) is 0 Å². The summed E-state index contributed by atoms with van der Waals surface area (Å²) >= 11 is 0. The predicted molar refractivity (Wildman–Crippen MR) is 60.8 cm³/mol. The Morgan fingerprint density at radius 2 is 1.80 bits per heavy atom. The summed E-state index contributed by atoms with van der Waals surface area (Å²) in [6, 6.07) is 0. The molecule has 0 spiro atoms. The Labute approximate surface area is 91.9 Å². The number of oxime groups is 1. The van der Waals surface area contributed by atoms with Crippen LogP contribution in [0.5, 0.6) is 0 Å². The molecule has 0 atom stereocenters. The van der Waals surface area contributed by atoms with Gasteiger partial charge in [0.2, 0.25) is 0 Å². The molecular formula is C12H21NO2. The van der Waals surface area contributed by atoms with Crippen molar-refractivity contribution in [3.63, 3.8) is 0 Å². The van der Waals surface area contributed by atoms with Crippen LogP contribution in [-0.2, 0) is 9.63 Å². The maximum atomic E-state index is 10.7. The van der Waals surface area contributed by atoms with Gasteiger partial charge in [0.25, 0.3) is 0 Å². The lowest BCUT2D eigenvalue weighted by molar-refractivity contribution is -0.140. The fourth-order valence-corrected chi connectivity index (χ4v) is 1.77. The van der Waals surface area contributed by atoms with Crippen LogP contribution in [0, 0.1) is 0 Å². The maximum Gasteiger partial charge on any atom is 0.340 e. The first kappa shape index (κ1) is 12.2. The lowest BCUT2D eigenvalue weighted by Gasteiger charge is -1.99. The SMILES string of the molecule is CCCCCCCCCC1=NOC(=O)C1. The number of hydrogen-bond donors (Lipinski definition) is 0. The van der Waals surface area contributed by atoms with Crippen LogP contribution in [0.2, 0.25) is 0 Å². The monoisotopic (exact) mass is 211 g/mol. The van der Waals surface area contributed by atoms with E-state index in [1.165, 1.54) is 38.5 Å². The van der Waals surface area contributed by atoms with E-state index >= 15 is 0 Å². The van der Waals surface area contributed by atoms with Gasteiger partial charge in [0, 0.05) is 0 Å². The molecule has 3 nitrogen and oxygen atoms in total.